The zero-order valence-corrected chi connectivity index (χ0v) is 11.9. The van der Waals surface area contributed by atoms with Crippen LogP contribution in [-0.4, -0.2) is 39.5 Å². The molecule has 0 spiro atoms. The van der Waals surface area contributed by atoms with Crippen LogP contribution in [0.5, 0.6) is 5.75 Å². The van der Waals surface area contributed by atoms with Crippen molar-refractivity contribution in [2.45, 2.75) is 25.5 Å². The summed E-state index contributed by atoms with van der Waals surface area (Å²) in [4.78, 5) is 14.3. The number of aryl methyl sites for hydroxylation is 1. The monoisotopic (exact) mass is 265 g/mol. The van der Waals surface area contributed by atoms with Gasteiger partial charge in [0, 0.05) is 23.6 Å². The molecule has 0 aliphatic carbocycles. The SMILES string of the molecule is Cc1cccc(C(=O)N2CCSC(C)(C)C2)c1O. The number of amides is 1. The van der Waals surface area contributed by atoms with E-state index in [-0.39, 0.29) is 16.4 Å². The lowest BCUT2D eigenvalue weighted by Crippen LogP contribution is -2.46. The van der Waals surface area contributed by atoms with Gasteiger partial charge in [-0.05, 0) is 32.4 Å². The molecule has 1 N–H and O–H groups in total. The van der Waals surface area contributed by atoms with E-state index in [0.717, 1.165) is 24.4 Å². The Bertz CT molecular complexity index is 471. The second-order valence-corrected chi connectivity index (χ2v) is 7.11. The number of para-hydroxylation sites is 1. The summed E-state index contributed by atoms with van der Waals surface area (Å²) in [5.41, 5.74) is 1.16. The maximum Gasteiger partial charge on any atom is 0.257 e. The minimum Gasteiger partial charge on any atom is -0.507 e. The van der Waals surface area contributed by atoms with Gasteiger partial charge in [-0.2, -0.15) is 11.8 Å². The van der Waals surface area contributed by atoms with Gasteiger partial charge in [0.1, 0.15) is 5.75 Å². The van der Waals surface area contributed by atoms with E-state index in [4.69, 9.17) is 0 Å². The number of phenols is 1. The molecule has 0 bridgehead atoms. The molecule has 0 saturated carbocycles. The molecular formula is C14H19NO2S. The highest BCUT2D eigenvalue weighted by Gasteiger charge is 2.31. The van der Waals surface area contributed by atoms with Crippen molar-refractivity contribution in [3.8, 4) is 5.75 Å². The van der Waals surface area contributed by atoms with Crippen molar-refractivity contribution < 1.29 is 9.90 Å². The zero-order valence-electron chi connectivity index (χ0n) is 11.1. The molecule has 3 nitrogen and oxygen atoms in total. The number of hydrogen-bond donors (Lipinski definition) is 1. The molecule has 0 aromatic heterocycles. The number of hydrogen-bond acceptors (Lipinski definition) is 3. The van der Waals surface area contributed by atoms with Crippen LogP contribution < -0.4 is 0 Å². The van der Waals surface area contributed by atoms with Crippen LogP contribution in [0.3, 0.4) is 0 Å². The van der Waals surface area contributed by atoms with Gasteiger partial charge in [0.05, 0.1) is 5.56 Å². The first-order valence-electron chi connectivity index (χ1n) is 6.12. The fourth-order valence-corrected chi connectivity index (χ4v) is 3.30. The van der Waals surface area contributed by atoms with Gasteiger partial charge in [0.25, 0.3) is 5.91 Å². The molecule has 1 aliphatic rings. The second kappa shape index (κ2) is 4.84. The fraction of sp³-hybridized carbons (Fsp3) is 0.500. The Morgan fingerprint density at radius 2 is 2.17 bits per heavy atom. The van der Waals surface area contributed by atoms with Crippen molar-refractivity contribution in [2.24, 2.45) is 0 Å². The molecule has 1 saturated heterocycles. The van der Waals surface area contributed by atoms with Gasteiger partial charge in [-0.3, -0.25) is 4.79 Å². The molecule has 1 heterocycles. The lowest BCUT2D eigenvalue weighted by atomic mass is 10.1. The second-order valence-electron chi connectivity index (χ2n) is 5.31. The molecule has 1 aliphatic heterocycles. The third-order valence-corrected chi connectivity index (χ3v) is 4.48. The Labute approximate surface area is 112 Å². The zero-order chi connectivity index (χ0) is 13.3. The Kier molecular flexibility index (Phi) is 3.57. The summed E-state index contributed by atoms with van der Waals surface area (Å²) in [7, 11) is 0. The lowest BCUT2D eigenvalue weighted by molar-refractivity contribution is 0.0745. The van der Waals surface area contributed by atoms with Gasteiger partial charge in [-0.25, -0.2) is 0 Å². The Hall–Kier alpha value is -1.16. The highest BCUT2D eigenvalue weighted by atomic mass is 32.2. The molecular weight excluding hydrogens is 246 g/mol. The van der Waals surface area contributed by atoms with Gasteiger partial charge in [-0.1, -0.05) is 12.1 Å². The van der Waals surface area contributed by atoms with Crippen LogP contribution in [0.15, 0.2) is 18.2 Å². The molecule has 4 heteroatoms. The van der Waals surface area contributed by atoms with Gasteiger partial charge in [0.2, 0.25) is 0 Å². The quantitative estimate of drug-likeness (QED) is 0.848. The first kappa shape index (κ1) is 13.3. The first-order valence-corrected chi connectivity index (χ1v) is 7.11. The summed E-state index contributed by atoms with van der Waals surface area (Å²) < 4.78 is 0.0906. The molecule has 98 valence electrons. The molecule has 0 radical (unpaired) electrons. The topological polar surface area (TPSA) is 40.5 Å². The highest BCUT2D eigenvalue weighted by Crippen LogP contribution is 2.31. The summed E-state index contributed by atoms with van der Waals surface area (Å²) in [6.07, 6.45) is 0. The van der Waals surface area contributed by atoms with E-state index >= 15 is 0 Å². The third kappa shape index (κ3) is 2.64. The van der Waals surface area contributed by atoms with Crippen molar-refractivity contribution in [1.29, 1.82) is 0 Å². The van der Waals surface area contributed by atoms with E-state index in [1.807, 2.05) is 35.7 Å². The van der Waals surface area contributed by atoms with Crippen molar-refractivity contribution in [3.63, 3.8) is 0 Å². The number of thioether (sulfide) groups is 1. The van der Waals surface area contributed by atoms with Crippen molar-refractivity contribution in [2.75, 3.05) is 18.8 Å². The van der Waals surface area contributed by atoms with Gasteiger partial charge in [-0.15, -0.1) is 0 Å². The molecule has 1 amide bonds. The summed E-state index contributed by atoms with van der Waals surface area (Å²) in [6, 6.07) is 5.31. The summed E-state index contributed by atoms with van der Waals surface area (Å²) in [6.45, 7) is 7.58. The lowest BCUT2D eigenvalue weighted by Gasteiger charge is -2.37. The number of carbonyl (C=O) groups excluding carboxylic acids is 1. The van der Waals surface area contributed by atoms with E-state index in [1.165, 1.54) is 0 Å². The fourth-order valence-electron chi connectivity index (χ4n) is 2.19. The van der Waals surface area contributed by atoms with E-state index in [2.05, 4.69) is 13.8 Å². The van der Waals surface area contributed by atoms with Crippen molar-refractivity contribution >= 4 is 17.7 Å². The first-order chi connectivity index (χ1) is 8.41. The maximum atomic E-state index is 12.4. The number of nitrogens with zero attached hydrogens (tertiary/aromatic N) is 1. The van der Waals surface area contributed by atoms with E-state index in [9.17, 15) is 9.90 Å². The predicted molar refractivity (Wildman–Crippen MR) is 75.3 cm³/mol. The number of rotatable bonds is 1. The number of benzene rings is 1. The molecule has 1 fully saturated rings. The standard InChI is InChI=1S/C14H19NO2S/c1-10-5-4-6-11(12(10)16)13(17)15-7-8-18-14(2,3)9-15/h4-6,16H,7-9H2,1-3H3. The number of phenolic OH excluding ortho intramolecular Hbond substituents is 1. The van der Waals surface area contributed by atoms with Crippen LogP contribution in [0, 0.1) is 6.92 Å². The number of carbonyl (C=O) groups is 1. The molecule has 0 atom stereocenters. The smallest absolute Gasteiger partial charge is 0.257 e. The van der Waals surface area contributed by atoms with E-state index in [0.29, 0.717) is 5.56 Å². The van der Waals surface area contributed by atoms with Crippen LogP contribution in [0.25, 0.3) is 0 Å². The average Bonchev–Trinajstić information content (AvgIpc) is 2.30. The van der Waals surface area contributed by atoms with Gasteiger partial charge < -0.3 is 10.0 Å². The average molecular weight is 265 g/mol. The molecule has 1 aromatic rings. The normalized spacial score (nSPS) is 18.7. The summed E-state index contributed by atoms with van der Waals surface area (Å²) in [5, 5.41) is 9.98. The summed E-state index contributed by atoms with van der Waals surface area (Å²) >= 11 is 1.89. The van der Waals surface area contributed by atoms with Crippen LogP contribution in [0.2, 0.25) is 0 Å². The minimum absolute atomic E-state index is 0.0652. The van der Waals surface area contributed by atoms with Gasteiger partial charge in [0.15, 0.2) is 0 Å². The largest absolute Gasteiger partial charge is 0.507 e. The molecule has 0 unspecified atom stereocenters. The molecule has 18 heavy (non-hydrogen) atoms. The Morgan fingerprint density at radius 1 is 1.44 bits per heavy atom. The highest BCUT2D eigenvalue weighted by molar-refractivity contribution is 8.00. The van der Waals surface area contributed by atoms with Crippen LogP contribution in [-0.2, 0) is 0 Å². The molecule has 2 rings (SSSR count). The number of aromatic hydroxyl groups is 1. The van der Waals surface area contributed by atoms with Crippen LogP contribution >= 0.6 is 11.8 Å². The van der Waals surface area contributed by atoms with Crippen LogP contribution in [0.4, 0.5) is 0 Å². The van der Waals surface area contributed by atoms with Crippen LogP contribution in [0.1, 0.15) is 29.8 Å². The van der Waals surface area contributed by atoms with E-state index < -0.39 is 0 Å². The van der Waals surface area contributed by atoms with Crippen molar-refractivity contribution in [1.82, 2.24) is 4.90 Å². The maximum absolute atomic E-state index is 12.4. The summed E-state index contributed by atoms with van der Waals surface area (Å²) in [5.74, 6) is 0.994. The Balaban J connectivity index is 2.23. The van der Waals surface area contributed by atoms with Gasteiger partial charge >= 0.3 is 0 Å². The third-order valence-electron chi connectivity index (χ3n) is 3.18. The minimum atomic E-state index is -0.0652. The predicted octanol–water partition coefficient (Wildman–Crippen LogP) is 2.67. The van der Waals surface area contributed by atoms with E-state index in [1.54, 1.807) is 6.07 Å². The van der Waals surface area contributed by atoms with Crippen molar-refractivity contribution in [3.05, 3.63) is 29.3 Å². The molecule has 1 aromatic carbocycles. The Morgan fingerprint density at radius 3 is 2.83 bits per heavy atom.